The Balaban J connectivity index is 1.87. The molecule has 0 spiro atoms. The fraction of sp³-hybridized carbons (Fsp3) is 0.160. The van der Waals surface area contributed by atoms with Gasteiger partial charge in [-0.2, -0.15) is 0 Å². The minimum absolute atomic E-state index is 0.0233. The Hall–Kier alpha value is -2.93. The van der Waals surface area contributed by atoms with Crippen molar-refractivity contribution >= 4 is 10.8 Å². The van der Waals surface area contributed by atoms with E-state index in [1.807, 2.05) is 12.4 Å². The molecule has 0 saturated carbocycles. The zero-order valence-corrected chi connectivity index (χ0v) is 15.0. The van der Waals surface area contributed by atoms with E-state index in [0.717, 1.165) is 6.42 Å². The number of rotatable bonds is 0. The summed E-state index contributed by atoms with van der Waals surface area (Å²) in [6, 6.07) is 20.1. The molecule has 0 atom stereocenters. The first-order valence-electron chi connectivity index (χ1n) is 9.29. The molecule has 0 unspecified atom stereocenters. The van der Waals surface area contributed by atoms with Crippen LogP contribution < -0.4 is 0 Å². The number of benzene rings is 3. The number of hydrogen-bond acceptors (Lipinski definition) is 1. The van der Waals surface area contributed by atoms with Crippen molar-refractivity contribution in [3.05, 3.63) is 89.2 Å². The Labute approximate surface area is 153 Å². The largest absolute Gasteiger partial charge is 0.264 e. The average molecular weight is 333 g/mol. The number of fused-ring (bicyclic) bond motifs is 10. The maximum atomic E-state index is 4.39. The first-order valence-corrected chi connectivity index (χ1v) is 9.29. The molecule has 0 saturated heterocycles. The van der Waals surface area contributed by atoms with Gasteiger partial charge in [-0.25, -0.2) is 0 Å². The highest BCUT2D eigenvalue weighted by Crippen LogP contribution is 2.57. The first kappa shape index (κ1) is 14.3. The van der Waals surface area contributed by atoms with Crippen LogP contribution in [0.15, 0.2) is 67.0 Å². The summed E-state index contributed by atoms with van der Waals surface area (Å²) >= 11 is 0. The van der Waals surface area contributed by atoms with Gasteiger partial charge in [0.1, 0.15) is 0 Å². The van der Waals surface area contributed by atoms with Crippen molar-refractivity contribution in [3.63, 3.8) is 0 Å². The van der Waals surface area contributed by atoms with Crippen molar-refractivity contribution in [2.75, 3.05) is 0 Å². The van der Waals surface area contributed by atoms with Crippen LogP contribution in [0.1, 0.15) is 36.1 Å². The van der Waals surface area contributed by atoms with E-state index in [9.17, 15) is 0 Å². The van der Waals surface area contributed by atoms with Gasteiger partial charge in [-0.15, -0.1) is 0 Å². The molecule has 0 bridgehead atoms. The Morgan fingerprint density at radius 3 is 2.38 bits per heavy atom. The van der Waals surface area contributed by atoms with Gasteiger partial charge >= 0.3 is 0 Å². The third-order valence-corrected chi connectivity index (χ3v) is 6.35. The molecular formula is C25H19N. The van der Waals surface area contributed by atoms with Crippen LogP contribution in [-0.4, -0.2) is 4.98 Å². The molecule has 1 aromatic heterocycles. The molecule has 26 heavy (non-hydrogen) atoms. The summed E-state index contributed by atoms with van der Waals surface area (Å²) in [5, 5.41) is 2.75. The van der Waals surface area contributed by atoms with Crippen LogP contribution in [0.4, 0.5) is 0 Å². The van der Waals surface area contributed by atoms with E-state index < -0.39 is 0 Å². The molecule has 2 aliphatic rings. The van der Waals surface area contributed by atoms with Crippen LogP contribution in [0.3, 0.4) is 0 Å². The number of aromatic nitrogens is 1. The Kier molecular flexibility index (Phi) is 2.53. The van der Waals surface area contributed by atoms with Gasteiger partial charge < -0.3 is 0 Å². The van der Waals surface area contributed by atoms with Crippen LogP contribution in [-0.2, 0) is 11.8 Å². The fourth-order valence-corrected chi connectivity index (χ4v) is 5.33. The standard InChI is InChI=1S/C25H19N/c1-25(2)21-10-6-5-9-19(21)23-18-8-4-3-7-17(18)22-16-11-12-26-14-15(16)13-20(22)24(23)25/h3-12,14H,13H2,1-2H3. The normalized spacial score (nSPS) is 15.5. The lowest BCUT2D eigenvalue weighted by atomic mass is 9.78. The van der Waals surface area contributed by atoms with Gasteiger partial charge in [0.15, 0.2) is 0 Å². The van der Waals surface area contributed by atoms with Crippen molar-refractivity contribution in [2.45, 2.75) is 25.7 Å². The van der Waals surface area contributed by atoms with Crippen LogP contribution in [0, 0.1) is 0 Å². The second-order valence-corrected chi connectivity index (χ2v) is 8.03. The summed E-state index contributed by atoms with van der Waals surface area (Å²) in [6.45, 7) is 4.77. The molecule has 3 aromatic carbocycles. The van der Waals surface area contributed by atoms with Gasteiger partial charge in [0.2, 0.25) is 0 Å². The molecule has 4 aromatic rings. The second-order valence-electron chi connectivity index (χ2n) is 8.03. The van der Waals surface area contributed by atoms with E-state index in [4.69, 9.17) is 0 Å². The summed E-state index contributed by atoms with van der Waals surface area (Å²) in [7, 11) is 0. The van der Waals surface area contributed by atoms with Gasteiger partial charge in [-0.1, -0.05) is 62.4 Å². The molecule has 124 valence electrons. The molecule has 0 radical (unpaired) electrons. The zero-order valence-electron chi connectivity index (χ0n) is 15.0. The van der Waals surface area contributed by atoms with Crippen LogP contribution in [0.5, 0.6) is 0 Å². The summed E-state index contributed by atoms with van der Waals surface area (Å²) < 4.78 is 0. The topological polar surface area (TPSA) is 12.9 Å². The second kappa shape index (κ2) is 4.62. The van der Waals surface area contributed by atoms with E-state index in [1.54, 1.807) is 0 Å². The van der Waals surface area contributed by atoms with E-state index in [1.165, 1.54) is 55.3 Å². The molecule has 0 N–H and O–H groups in total. The predicted octanol–water partition coefficient (Wildman–Crippen LogP) is 6.11. The predicted molar refractivity (Wildman–Crippen MR) is 108 cm³/mol. The van der Waals surface area contributed by atoms with Crippen molar-refractivity contribution < 1.29 is 0 Å². The highest BCUT2D eigenvalue weighted by atomic mass is 14.6. The quantitative estimate of drug-likeness (QED) is 0.333. The van der Waals surface area contributed by atoms with Crippen LogP contribution in [0.2, 0.25) is 0 Å². The van der Waals surface area contributed by atoms with E-state index in [2.05, 4.69) is 73.4 Å². The van der Waals surface area contributed by atoms with E-state index >= 15 is 0 Å². The third kappa shape index (κ3) is 1.55. The SMILES string of the molecule is CC1(C)c2ccccc2-c2c1c1c(c3ccccc23)-c2ccncc2C1. The van der Waals surface area contributed by atoms with Crippen molar-refractivity contribution in [2.24, 2.45) is 0 Å². The molecule has 0 fully saturated rings. The molecule has 1 heterocycles. The summed E-state index contributed by atoms with van der Waals surface area (Å²) in [5.74, 6) is 0. The molecule has 6 rings (SSSR count). The first-order chi connectivity index (χ1) is 12.7. The molecule has 0 amide bonds. The van der Waals surface area contributed by atoms with Crippen molar-refractivity contribution in [1.29, 1.82) is 0 Å². The highest BCUT2D eigenvalue weighted by molar-refractivity contribution is 6.11. The summed E-state index contributed by atoms with van der Waals surface area (Å²) in [5.41, 5.74) is 11.5. The minimum Gasteiger partial charge on any atom is -0.264 e. The van der Waals surface area contributed by atoms with E-state index in [0.29, 0.717) is 0 Å². The monoisotopic (exact) mass is 333 g/mol. The minimum atomic E-state index is 0.0233. The zero-order chi connectivity index (χ0) is 17.5. The number of hydrogen-bond donors (Lipinski definition) is 0. The number of pyridine rings is 1. The molecule has 0 aliphatic heterocycles. The van der Waals surface area contributed by atoms with Gasteiger partial charge in [-0.3, -0.25) is 4.98 Å². The van der Waals surface area contributed by atoms with Crippen molar-refractivity contribution in [3.8, 4) is 22.3 Å². The van der Waals surface area contributed by atoms with Gasteiger partial charge in [0.05, 0.1) is 0 Å². The lowest BCUT2D eigenvalue weighted by Crippen LogP contribution is -2.17. The number of nitrogens with zero attached hydrogens (tertiary/aromatic N) is 1. The lowest BCUT2D eigenvalue weighted by Gasteiger charge is -2.25. The smallest absolute Gasteiger partial charge is 0.0309 e. The maximum absolute atomic E-state index is 4.39. The summed E-state index contributed by atoms with van der Waals surface area (Å²) in [6.07, 6.45) is 4.96. The maximum Gasteiger partial charge on any atom is 0.0309 e. The Bertz CT molecular complexity index is 1230. The lowest BCUT2D eigenvalue weighted by molar-refractivity contribution is 0.655. The van der Waals surface area contributed by atoms with Gasteiger partial charge in [-0.05, 0) is 61.3 Å². The molecular weight excluding hydrogens is 314 g/mol. The van der Waals surface area contributed by atoms with E-state index in [-0.39, 0.29) is 5.41 Å². The Morgan fingerprint density at radius 1 is 0.808 bits per heavy atom. The highest BCUT2D eigenvalue weighted by Gasteiger charge is 2.41. The van der Waals surface area contributed by atoms with Gasteiger partial charge in [0, 0.05) is 24.2 Å². The van der Waals surface area contributed by atoms with Crippen molar-refractivity contribution in [1.82, 2.24) is 4.98 Å². The van der Waals surface area contributed by atoms with Gasteiger partial charge in [0.25, 0.3) is 0 Å². The summed E-state index contributed by atoms with van der Waals surface area (Å²) in [4.78, 5) is 4.39. The Morgan fingerprint density at radius 2 is 1.54 bits per heavy atom. The molecule has 1 nitrogen and oxygen atoms in total. The van der Waals surface area contributed by atoms with Crippen LogP contribution in [0.25, 0.3) is 33.0 Å². The fourth-order valence-electron chi connectivity index (χ4n) is 5.33. The van der Waals surface area contributed by atoms with Crippen LogP contribution >= 0.6 is 0 Å². The third-order valence-electron chi connectivity index (χ3n) is 6.35. The molecule has 1 heteroatoms. The molecule has 2 aliphatic carbocycles. The average Bonchev–Trinajstić information content (AvgIpc) is 3.16.